The van der Waals surface area contributed by atoms with Gasteiger partial charge in [-0.15, -0.1) is 19.6 Å². The third kappa shape index (κ3) is 29.3. The summed E-state index contributed by atoms with van der Waals surface area (Å²) in [7, 11) is -3.84. The second-order valence-electron chi connectivity index (χ2n) is 9.89. The van der Waals surface area contributed by atoms with E-state index in [2.05, 4.69) is 74.9 Å². The van der Waals surface area contributed by atoms with Crippen LogP contribution in [-0.4, -0.2) is 68.9 Å². The molecule has 0 rings (SSSR count). The molecule has 0 saturated heterocycles. The van der Waals surface area contributed by atoms with Crippen LogP contribution in [0.5, 0.6) is 0 Å². The molecule has 0 aliphatic heterocycles. The zero-order chi connectivity index (χ0) is 21.6. The third-order valence-electron chi connectivity index (χ3n) is 3.36. The summed E-state index contributed by atoms with van der Waals surface area (Å²) in [5, 5.41) is 0. The van der Waals surface area contributed by atoms with Crippen molar-refractivity contribution in [2.75, 3.05) is 39.3 Å². The maximum Gasteiger partial charge on any atom is -0.0210 e. The van der Waals surface area contributed by atoms with Crippen LogP contribution in [0.2, 0.25) is 58.9 Å². The van der Waals surface area contributed by atoms with E-state index in [9.17, 15) is 0 Å². The Kier molecular flexibility index (Phi) is 17.6. The topological polar surface area (TPSA) is 45.5 Å². The summed E-state index contributed by atoms with van der Waals surface area (Å²) in [5.41, 5.74) is 0. The number of hydrogen-bond donors (Lipinski definition) is 0. The van der Waals surface area contributed by atoms with Gasteiger partial charge in [0.15, 0.2) is 0 Å². The summed E-state index contributed by atoms with van der Waals surface area (Å²) in [6, 6.07) is 0. The summed E-state index contributed by atoms with van der Waals surface area (Å²) in [5.74, 6) is 0. The van der Waals surface area contributed by atoms with E-state index in [1.165, 1.54) is 6.42 Å². The van der Waals surface area contributed by atoms with E-state index in [0.717, 1.165) is 45.7 Å². The minimum Gasteiger partial charge on any atom is -0.664 e. The van der Waals surface area contributed by atoms with Gasteiger partial charge in [0.05, 0.1) is 0 Å². The van der Waals surface area contributed by atoms with Gasteiger partial charge >= 0.3 is 43.1 Å². The molecule has 0 N–H and O–H groups in total. The molecule has 0 aromatic carbocycles. The summed E-state index contributed by atoms with van der Waals surface area (Å²) in [6.45, 7) is 29.0. The van der Waals surface area contributed by atoms with Crippen molar-refractivity contribution in [1.29, 1.82) is 0 Å². The number of nitrogens with zero attached hydrogens (tertiary/aromatic N) is 4. The molecular formula is C19H46MoN4Si3-3. The largest absolute Gasteiger partial charge is 0.664 e. The SMILES string of the molecule is CCC[C]#[Mo].C[Si](C)(C)[N-]CCN(CC[N-][Si](C)(C)C)CC[N-][Si](C)(C)C. The van der Waals surface area contributed by atoms with E-state index in [1.54, 1.807) is 0 Å². The molecule has 0 aromatic rings. The van der Waals surface area contributed by atoms with Gasteiger partial charge in [-0.1, -0.05) is 83.6 Å². The minimum atomic E-state index is -1.28. The zero-order valence-corrected chi connectivity index (χ0v) is 24.9. The molecule has 27 heavy (non-hydrogen) atoms. The Morgan fingerprint density at radius 2 is 0.963 bits per heavy atom. The van der Waals surface area contributed by atoms with Crippen LogP contribution < -0.4 is 0 Å². The molecule has 0 fully saturated rings. The molecule has 4 nitrogen and oxygen atoms in total. The minimum absolute atomic E-state index is 0.968. The molecule has 0 aromatic heterocycles. The van der Waals surface area contributed by atoms with Crippen LogP contribution in [0, 0.1) is 4.20 Å². The van der Waals surface area contributed by atoms with E-state index in [4.69, 9.17) is 14.9 Å². The molecule has 0 atom stereocenters. The molecule has 0 aliphatic rings. The average Bonchev–Trinajstić information content (AvgIpc) is 2.44. The van der Waals surface area contributed by atoms with Gasteiger partial charge in [0.25, 0.3) is 0 Å². The van der Waals surface area contributed by atoms with Crippen LogP contribution in [-0.2, 0) is 19.2 Å². The predicted octanol–water partition coefficient (Wildman–Crippen LogP) is 6.21. The molecule has 0 spiro atoms. The van der Waals surface area contributed by atoms with Gasteiger partial charge in [0.2, 0.25) is 0 Å². The van der Waals surface area contributed by atoms with Gasteiger partial charge in [0, 0.05) is 0 Å². The summed E-state index contributed by atoms with van der Waals surface area (Å²) in [6.07, 6.45) is 2.38. The molecule has 163 valence electrons. The summed E-state index contributed by atoms with van der Waals surface area (Å²) < 4.78 is 3.03. The van der Waals surface area contributed by atoms with Crippen molar-refractivity contribution in [3.63, 3.8) is 0 Å². The van der Waals surface area contributed by atoms with Crippen LogP contribution in [0.15, 0.2) is 0 Å². The Labute approximate surface area is 185 Å². The molecule has 0 aliphatic carbocycles. The van der Waals surface area contributed by atoms with Crippen molar-refractivity contribution in [1.82, 2.24) is 4.90 Å². The molecule has 0 unspecified atom stereocenters. The maximum atomic E-state index is 4.86. The normalized spacial score (nSPS) is 12.5. The van der Waals surface area contributed by atoms with Gasteiger partial charge < -0.3 is 19.8 Å². The quantitative estimate of drug-likeness (QED) is 0.272. The Hall–Kier alpha value is 0.959. The fourth-order valence-corrected chi connectivity index (χ4v) is 4.83. The van der Waals surface area contributed by atoms with Crippen molar-refractivity contribution >= 4 is 24.7 Å². The standard InChI is InChI=1S/C15H39N4Si3.C4H7.Mo/c1-20(2,3)16-10-13-19(14-11-17-21(4,5)6)15-12-18-22(7,8)9;1-3-4-2;/h10-15H2,1-9H3;3-4H2,1H3;/q-3;;. The second-order valence-corrected chi connectivity index (χ2v) is 24.6. The van der Waals surface area contributed by atoms with Crippen molar-refractivity contribution in [3.05, 3.63) is 14.9 Å². The predicted molar refractivity (Wildman–Crippen MR) is 130 cm³/mol. The summed E-state index contributed by atoms with van der Waals surface area (Å²) >= 11 is 1.90. The van der Waals surface area contributed by atoms with Crippen molar-refractivity contribution in [2.24, 2.45) is 0 Å². The zero-order valence-electron chi connectivity index (χ0n) is 19.9. The van der Waals surface area contributed by atoms with Crippen LogP contribution >= 0.6 is 0 Å². The third-order valence-corrected chi connectivity index (χ3v) is 7.38. The number of hydrogen-bond acceptors (Lipinski definition) is 1. The average molecular weight is 511 g/mol. The Balaban J connectivity index is 0. The molecule has 0 amide bonds. The van der Waals surface area contributed by atoms with Gasteiger partial charge in [0.1, 0.15) is 0 Å². The summed E-state index contributed by atoms with van der Waals surface area (Å²) in [4.78, 5) is 17.1. The first-order chi connectivity index (χ1) is 12.2. The molecule has 0 radical (unpaired) electrons. The van der Waals surface area contributed by atoms with E-state index < -0.39 is 24.7 Å². The first kappa shape index (κ1) is 30.2. The van der Waals surface area contributed by atoms with Crippen LogP contribution in [0.1, 0.15) is 19.8 Å². The first-order valence-corrected chi connectivity index (χ1v) is 21.7. The van der Waals surface area contributed by atoms with Crippen LogP contribution in [0.4, 0.5) is 0 Å². The fourth-order valence-electron chi connectivity index (χ4n) is 2.02. The van der Waals surface area contributed by atoms with Crippen molar-refractivity contribution in [2.45, 2.75) is 78.7 Å². The van der Waals surface area contributed by atoms with E-state index >= 15 is 0 Å². The van der Waals surface area contributed by atoms with Crippen molar-refractivity contribution < 1.29 is 19.2 Å². The van der Waals surface area contributed by atoms with Gasteiger partial charge in [-0.05, 0) is 19.6 Å². The number of rotatable bonds is 13. The molecule has 0 saturated carbocycles. The molecule has 8 heteroatoms. The maximum absolute atomic E-state index is 4.86. The number of unbranched alkanes of at least 4 members (excludes halogenated alkanes) is 1. The van der Waals surface area contributed by atoms with Crippen LogP contribution in [0.25, 0.3) is 14.9 Å². The van der Waals surface area contributed by atoms with Gasteiger partial charge in [-0.3, -0.25) is 0 Å². The monoisotopic (exact) mass is 512 g/mol. The second kappa shape index (κ2) is 15.8. The van der Waals surface area contributed by atoms with E-state index in [0.29, 0.717) is 0 Å². The van der Waals surface area contributed by atoms with Gasteiger partial charge in [-0.2, -0.15) is 0 Å². The van der Waals surface area contributed by atoms with Crippen LogP contribution in [0.3, 0.4) is 0 Å². The molecule has 0 bridgehead atoms. The van der Waals surface area contributed by atoms with Crippen molar-refractivity contribution in [3.8, 4) is 4.20 Å². The smallest absolute Gasteiger partial charge is 0.0210 e. The Morgan fingerprint density at radius 3 is 1.11 bits per heavy atom. The van der Waals surface area contributed by atoms with E-state index in [-0.39, 0.29) is 0 Å². The Morgan fingerprint density at radius 1 is 0.667 bits per heavy atom. The van der Waals surface area contributed by atoms with E-state index in [1.807, 2.05) is 19.2 Å². The van der Waals surface area contributed by atoms with Gasteiger partial charge in [-0.25, -0.2) is 0 Å². The first-order valence-electron chi connectivity index (χ1n) is 10.3. The molecular weight excluding hydrogens is 464 g/mol. The Bertz CT molecular complexity index is 348. The fraction of sp³-hybridized carbons (Fsp3) is 0.947. The molecule has 0 heterocycles.